The zero-order chi connectivity index (χ0) is 7.61. The van der Waals surface area contributed by atoms with Crippen molar-refractivity contribution in [2.24, 2.45) is 5.14 Å². The standard InChI is InChI=1S/C4H5N3O2S/c5-10(8,9)4-3-6-1-2-7-4/h1-3H,(H2,5,8,9). The summed E-state index contributed by atoms with van der Waals surface area (Å²) in [6.07, 6.45) is 3.73. The molecule has 0 saturated carbocycles. The molecule has 1 aromatic heterocycles. The van der Waals surface area contributed by atoms with Crippen molar-refractivity contribution in [1.29, 1.82) is 0 Å². The molecule has 54 valence electrons. The van der Waals surface area contributed by atoms with Crippen LogP contribution < -0.4 is 5.14 Å². The highest BCUT2D eigenvalue weighted by Gasteiger charge is 2.06. The fourth-order valence-electron chi connectivity index (χ4n) is 0.432. The first kappa shape index (κ1) is 7.10. The molecule has 0 atom stereocenters. The van der Waals surface area contributed by atoms with E-state index in [1.165, 1.54) is 12.4 Å². The van der Waals surface area contributed by atoms with Gasteiger partial charge in [0.2, 0.25) is 0 Å². The highest BCUT2D eigenvalue weighted by Crippen LogP contribution is 1.95. The molecule has 0 bridgehead atoms. The van der Waals surface area contributed by atoms with Gasteiger partial charge >= 0.3 is 0 Å². The Bertz CT molecular complexity index is 307. The molecule has 0 aliphatic carbocycles. The van der Waals surface area contributed by atoms with E-state index < -0.39 is 10.0 Å². The Balaban J connectivity index is 3.22. The Morgan fingerprint density at radius 1 is 1.40 bits per heavy atom. The summed E-state index contributed by atoms with van der Waals surface area (Å²) in [5.41, 5.74) is 0. The van der Waals surface area contributed by atoms with Crippen molar-refractivity contribution < 1.29 is 8.42 Å². The number of sulfonamides is 1. The number of primary sulfonamides is 1. The Morgan fingerprint density at radius 3 is 2.40 bits per heavy atom. The van der Waals surface area contributed by atoms with E-state index >= 15 is 0 Å². The lowest BCUT2D eigenvalue weighted by Crippen LogP contribution is -2.13. The Morgan fingerprint density at radius 2 is 2.10 bits per heavy atom. The van der Waals surface area contributed by atoms with Gasteiger partial charge in [0.1, 0.15) is 0 Å². The summed E-state index contributed by atoms with van der Waals surface area (Å²) in [7, 11) is -3.68. The van der Waals surface area contributed by atoms with Gasteiger partial charge in [0.15, 0.2) is 5.03 Å². The van der Waals surface area contributed by atoms with Crippen LogP contribution in [0.15, 0.2) is 23.6 Å². The van der Waals surface area contributed by atoms with Crippen molar-refractivity contribution in [3.05, 3.63) is 18.6 Å². The number of hydrogen-bond donors (Lipinski definition) is 1. The summed E-state index contributed by atoms with van der Waals surface area (Å²) >= 11 is 0. The Kier molecular flexibility index (Phi) is 1.64. The third-order valence-electron chi connectivity index (χ3n) is 0.831. The van der Waals surface area contributed by atoms with Crippen LogP contribution >= 0.6 is 0 Å². The van der Waals surface area contributed by atoms with Crippen LogP contribution in [0.4, 0.5) is 0 Å². The van der Waals surface area contributed by atoms with Gasteiger partial charge in [-0.2, -0.15) is 0 Å². The predicted molar refractivity (Wildman–Crippen MR) is 33.4 cm³/mol. The largest absolute Gasteiger partial charge is 0.260 e. The van der Waals surface area contributed by atoms with Crippen LogP contribution in [0.25, 0.3) is 0 Å². The molecule has 2 N–H and O–H groups in total. The molecule has 0 aliphatic heterocycles. The number of nitrogens with two attached hydrogens (primary N) is 1. The monoisotopic (exact) mass is 159 g/mol. The van der Waals surface area contributed by atoms with Gasteiger partial charge < -0.3 is 0 Å². The van der Waals surface area contributed by atoms with E-state index in [0.717, 1.165) is 6.20 Å². The molecule has 0 unspecified atom stereocenters. The maximum absolute atomic E-state index is 10.5. The first-order valence-electron chi connectivity index (χ1n) is 2.39. The average Bonchev–Trinajstić information content (AvgIpc) is 1.88. The molecule has 1 heterocycles. The molecule has 0 saturated heterocycles. The van der Waals surface area contributed by atoms with Crippen LogP contribution in [0.2, 0.25) is 0 Å². The fourth-order valence-corrected chi connectivity index (χ4v) is 0.848. The van der Waals surface area contributed by atoms with Crippen LogP contribution in [0.3, 0.4) is 0 Å². The summed E-state index contributed by atoms with van der Waals surface area (Å²) in [6.45, 7) is 0. The van der Waals surface area contributed by atoms with E-state index in [1.807, 2.05) is 0 Å². The zero-order valence-electron chi connectivity index (χ0n) is 4.93. The lowest BCUT2D eigenvalue weighted by atomic mass is 10.8. The summed E-state index contributed by atoms with van der Waals surface area (Å²) < 4.78 is 21.0. The van der Waals surface area contributed by atoms with Crippen molar-refractivity contribution in [3.63, 3.8) is 0 Å². The second-order valence-electron chi connectivity index (χ2n) is 1.59. The SMILES string of the molecule is NS(=O)(=O)c1cnccn1. The van der Waals surface area contributed by atoms with Crippen molar-refractivity contribution >= 4 is 10.0 Å². The van der Waals surface area contributed by atoms with Gasteiger partial charge in [-0.3, -0.25) is 4.98 Å². The second kappa shape index (κ2) is 2.31. The second-order valence-corrected chi connectivity index (χ2v) is 3.10. The molecule has 1 rings (SSSR count). The maximum Gasteiger partial charge on any atom is 0.257 e. The van der Waals surface area contributed by atoms with Gasteiger partial charge in [0.05, 0.1) is 6.20 Å². The predicted octanol–water partition coefficient (Wildman–Crippen LogP) is -0.876. The molecule has 0 fully saturated rings. The number of hydrogen-bond acceptors (Lipinski definition) is 4. The van der Waals surface area contributed by atoms with Crippen molar-refractivity contribution in [2.75, 3.05) is 0 Å². The summed E-state index contributed by atoms with van der Waals surface area (Å²) in [5.74, 6) is 0. The third-order valence-corrected chi connectivity index (χ3v) is 1.62. The van der Waals surface area contributed by atoms with Crippen LogP contribution in [0.5, 0.6) is 0 Å². The van der Waals surface area contributed by atoms with Crippen LogP contribution in [-0.2, 0) is 10.0 Å². The molecule has 10 heavy (non-hydrogen) atoms. The van der Waals surface area contributed by atoms with E-state index in [9.17, 15) is 8.42 Å². The van der Waals surface area contributed by atoms with Crippen molar-refractivity contribution in [1.82, 2.24) is 9.97 Å². The van der Waals surface area contributed by atoms with Gasteiger partial charge in [-0.15, -0.1) is 0 Å². The normalized spacial score (nSPS) is 11.3. The lowest BCUT2D eigenvalue weighted by Gasteiger charge is -1.91. The quantitative estimate of drug-likeness (QED) is 0.576. The van der Waals surface area contributed by atoms with Crippen molar-refractivity contribution in [3.8, 4) is 0 Å². The van der Waals surface area contributed by atoms with Gasteiger partial charge in [0, 0.05) is 12.4 Å². The van der Waals surface area contributed by atoms with Gasteiger partial charge in [-0.1, -0.05) is 0 Å². The molecule has 0 amide bonds. The summed E-state index contributed by atoms with van der Waals surface area (Å²) in [6, 6.07) is 0. The maximum atomic E-state index is 10.5. The topological polar surface area (TPSA) is 85.9 Å². The van der Waals surface area contributed by atoms with E-state index in [0.29, 0.717) is 0 Å². The van der Waals surface area contributed by atoms with Crippen LogP contribution in [0, 0.1) is 0 Å². The zero-order valence-corrected chi connectivity index (χ0v) is 5.75. The fraction of sp³-hybridized carbons (Fsp3) is 0. The van der Waals surface area contributed by atoms with Gasteiger partial charge in [0.25, 0.3) is 10.0 Å². The number of aromatic nitrogens is 2. The first-order valence-corrected chi connectivity index (χ1v) is 3.94. The third kappa shape index (κ3) is 1.49. The lowest BCUT2D eigenvalue weighted by molar-refractivity contribution is 0.593. The van der Waals surface area contributed by atoms with Crippen molar-refractivity contribution in [2.45, 2.75) is 5.03 Å². The molecule has 0 spiro atoms. The molecule has 6 heteroatoms. The summed E-state index contributed by atoms with van der Waals surface area (Å²) in [4.78, 5) is 7.00. The molecular weight excluding hydrogens is 154 g/mol. The molecule has 1 aromatic rings. The molecular formula is C4H5N3O2S. The molecule has 0 radical (unpaired) electrons. The summed E-state index contributed by atoms with van der Waals surface area (Å²) in [5, 5.41) is 4.51. The Labute approximate surface area is 58.0 Å². The molecule has 5 nitrogen and oxygen atoms in total. The van der Waals surface area contributed by atoms with Crippen LogP contribution in [0.1, 0.15) is 0 Å². The smallest absolute Gasteiger partial charge is 0.257 e. The molecule has 0 aliphatic rings. The van der Waals surface area contributed by atoms with E-state index in [2.05, 4.69) is 9.97 Å². The van der Waals surface area contributed by atoms with E-state index in [4.69, 9.17) is 5.14 Å². The van der Waals surface area contributed by atoms with Crippen LogP contribution in [-0.4, -0.2) is 18.4 Å². The van der Waals surface area contributed by atoms with E-state index in [1.54, 1.807) is 0 Å². The average molecular weight is 159 g/mol. The Hall–Kier alpha value is -1.01. The number of nitrogens with zero attached hydrogens (tertiary/aromatic N) is 2. The van der Waals surface area contributed by atoms with E-state index in [-0.39, 0.29) is 5.03 Å². The molecule has 0 aromatic carbocycles. The first-order chi connectivity index (χ1) is 4.61. The minimum Gasteiger partial charge on any atom is -0.260 e. The minimum absolute atomic E-state index is 0.213. The number of rotatable bonds is 1. The van der Waals surface area contributed by atoms with Gasteiger partial charge in [-0.05, 0) is 0 Å². The van der Waals surface area contributed by atoms with Gasteiger partial charge in [-0.25, -0.2) is 18.5 Å². The minimum atomic E-state index is -3.68. The highest BCUT2D eigenvalue weighted by atomic mass is 32.2. The highest BCUT2D eigenvalue weighted by molar-refractivity contribution is 7.89.